The van der Waals surface area contributed by atoms with E-state index in [1.54, 1.807) is 15.4 Å². The topological polar surface area (TPSA) is 123 Å². The number of nitrogens with zero attached hydrogens (tertiary/aromatic N) is 5. The number of carbonyl (C=O) groups excluding carboxylic acids is 1. The van der Waals surface area contributed by atoms with Gasteiger partial charge in [-0.15, -0.1) is 0 Å². The molecule has 0 saturated heterocycles. The number of urea groups is 1. The van der Waals surface area contributed by atoms with E-state index in [0.29, 0.717) is 11.3 Å². The van der Waals surface area contributed by atoms with Crippen LogP contribution in [0.5, 0.6) is 0 Å². The van der Waals surface area contributed by atoms with Crippen LogP contribution in [0.3, 0.4) is 0 Å². The second kappa shape index (κ2) is 7.66. The molecule has 3 heterocycles. The number of pyridine rings is 1. The molecule has 174 valence electrons. The van der Waals surface area contributed by atoms with Crippen molar-refractivity contribution in [3.63, 3.8) is 0 Å². The van der Waals surface area contributed by atoms with Crippen LogP contribution in [0.4, 0.5) is 10.5 Å². The molecule has 1 aromatic carbocycles. The van der Waals surface area contributed by atoms with E-state index in [9.17, 15) is 13.2 Å². The first-order valence-corrected chi connectivity index (χ1v) is 12.7. The molecule has 0 spiro atoms. The highest BCUT2D eigenvalue weighted by atomic mass is 32.2. The Balaban J connectivity index is 1.35. The number of rotatable bonds is 5. The molecule has 0 unspecified atom stereocenters. The number of hydrogen-bond acceptors (Lipinski definition) is 6. The molecular formula is C23H23N7O3S. The SMILES string of the molecule is Cc1cc2c(c(NC(=O)NS(=O)(=O)c3ccn(C4CC4)n3)c1-c1ccn3ncnc3c1)CCC2. The lowest BCUT2D eigenvalue weighted by Crippen LogP contribution is -2.35. The van der Waals surface area contributed by atoms with Crippen molar-refractivity contribution in [3.8, 4) is 11.1 Å². The monoisotopic (exact) mass is 477 g/mol. The Morgan fingerprint density at radius 1 is 1.15 bits per heavy atom. The molecule has 3 aromatic heterocycles. The van der Waals surface area contributed by atoms with Crippen LogP contribution in [-0.4, -0.2) is 38.8 Å². The van der Waals surface area contributed by atoms with Gasteiger partial charge >= 0.3 is 6.03 Å². The summed E-state index contributed by atoms with van der Waals surface area (Å²) in [5.74, 6) is 0. The Morgan fingerprint density at radius 2 is 2.00 bits per heavy atom. The van der Waals surface area contributed by atoms with E-state index in [2.05, 4.69) is 31.3 Å². The summed E-state index contributed by atoms with van der Waals surface area (Å²) in [6, 6.07) is 6.81. The number of nitrogens with one attached hydrogen (secondary N) is 2. The molecule has 1 saturated carbocycles. The minimum Gasteiger partial charge on any atom is -0.306 e. The van der Waals surface area contributed by atoms with Crippen molar-refractivity contribution < 1.29 is 13.2 Å². The Bertz CT molecular complexity index is 1550. The fourth-order valence-electron chi connectivity index (χ4n) is 4.69. The quantitative estimate of drug-likeness (QED) is 0.455. The van der Waals surface area contributed by atoms with Crippen molar-refractivity contribution in [2.45, 2.75) is 50.1 Å². The predicted octanol–water partition coefficient (Wildman–Crippen LogP) is 3.24. The first kappa shape index (κ1) is 20.8. The van der Waals surface area contributed by atoms with Gasteiger partial charge in [0, 0.05) is 18.0 Å². The number of carbonyl (C=O) groups is 1. The zero-order valence-corrected chi connectivity index (χ0v) is 19.3. The molecule has 0 atom stereocenters. The van der Waals surface area contributed by atoms with Gasteiger partial charge in [-0.3, -0.25) is 4.68 Å². The van der Waals surface area contributed by atoms with Crippen LogP contribution in [0.25, 0.3) is 16.8 Å². The van der Waals surface area contributed by atoms with Crippen LogP contribution in [-0.2, 0) is 22.9 Å². The highest BCUT2D eigenvalue weighted by Gasteiger charge is 2.28. The standard InChI is InChI=1S/C23H23N7O3S/c1-14-11-15-3-2-4-18(15)22(21(14)16-7-9-30-19(12-16)24-13-25-30)26-23(31)28-34(32,33)20-8-10-29(27-20)17-5-6-17/h7-13,17H,2-6H2,1H3,(H2,26,28,31). The minimum absolute atomic E-state index is 0.165. The van der Waals surface area contributed by atoms with E-state index < -0.39 is 16.1 Å². The largest absolute Gasteiger partial charge is 0.333 e. The van der Waals surface area contributed by atoms with Gasteiger partial charge in [-0.05, 0) is 79.5 Å². The molecule has 0 bridgehead atoms. The first-order chi connectivity index (χ1) is 16.4. The molecule has 0 radical (unpaired) electrons. The van der Waals surface area contributed by atoms with E-state index in [-0.39, 0.29) is 11.1 Å². The average Bonchev–Trinajstić information content (AvgIpc) is 3.19. The van der Waals surface area contributed by atoms with E-state index in [0.717, 1.165) is 54.4 Å². The van der Waals surface area contributed by atoms with Crippen molar-refractivity contribution in [1.29, 1.82) is 0 Å². The molecule has 2 amide bonds. The van der Waals surface area contributed by atoms with Gasteiger partial charge in [-0.25, -0.2) is 19.0 Å². The lowest BCUT2D eigenvalue weighted by molar-refractivity contribution is 0.256. The summed E-state index contributed by atoms with van der Waals surface area (Å²) in [7, 11) is -4.10. The molecule has 11 heteroatoms. The number of anilines is 1. The molecule has 1 fully saturated rings. The molecule has 2 aliphatic carbocycles. The molecular weight excluding hydrogens is 454 g/mol. The van der Waals surface area contributed by atoms with E-state index in [1.165, 1.54) is 18.0 Å². The van der Waals surface area contributed by atoms with Gasteiger partial charge in [0.1, 0.15) is 6.33 Å². The second-order valence-electron chi connectivity index (χ2n) is 8.84. The molecule has 4 aromatic rings. The van der Waals surface area contributed by atoms with Gasteiger partial charge in [0.05, 0.1) is 11.7 Å². The summed E-state index contributed by atoms with van der Waals surface area (Å²) in [5.41, 5.74) is 6.23. The lowest BCUT2D eigenvalue weighted by Gasteiger charge is -2.19. The molecule has 0 aliphatic heterocycles. The van der Waals surface area contributed by atoms with E-state index in [1.807, 2.05) is 25.3 Å². The lowest BCUT2D eigenvalue weighted by atomic mass is 9.93. The van der Waals surface area contributed by atoms with Crippen LogP contribution in [0.15, 0.2) is 48.0 Å². The first-order valence-electron chi connectivity index (χ1n) is 11.2. The van der Waals surface area contributed by atoms with Crippen LogP contribution < -0.4 is 10.0 Å². The van der Waals surface area contributed by atoms with Crippen molar-refractivity contribution in [2.75, 3.05) is 5.32 Å². The number of hydrogen-bond donors (Lipinski definition) is 2. The van der Waals surface area contributed by atoms with Crippen LogP contribution in [0, 0.1) is 6.92 Å². The molecule has 6 rings (SSSR count). The fourth-order valence-corrected chi connectivity index (χ4v) is 5.54. The number of sulfonamides is 1. The number of amides is 2. The smallest absolute Gasteiger partial charge is 0.306 e. The summed E-state index contributed by atoms with van der Waals surface area (Å²) in [5, 5.41) is 11.0. The minimum atomic E-state index is -4.10. The maximum atomic E-state index is 13.0. The summed E-state index contributed by atoms with van der Waals surface area (Å²) < 4.78 is 31.0. The highest BCUT2D eigenvalue weighted by Crippen LogP contribution is 2.40. The third kappa shape index (κ3) is 3.61. The summed E-state index contributed by atoms with van der Waals surface area (Å²) in [4.78, 5) is 17.2. The van der Waals surface area contributed by atoms with E-state index >= 15 is 0 Å². The van der Waals surface area contributed by atoms with Crippen LogP contribution in [0.1, 0.15) is 42.0 Å². The van der Waals surface area contributed by atoms with Gasteiger partial charge in [-0.1, -0.05) is 6.07 Å². The Hall–Kier alpha value is -3.73. The van der Waals surface area contributed by atoms with Crippen molar-refractivity contribution in [3.05, 3.63) is 59.7 Å². The zero-order valence-electron chi connectivity index (χ0n) is 18.5. The Kier molecular flexibility index (Phi) is 4.70. The second-order valence-corrected chi connectivity index (χ2v) is 10.5. The molecule has 2 aliphatic rings. The Labute approximate surface area is 196 Å². The van der Waals surface area contributed by atoms with Crippen molar-refractivity contribution in [2.24, 2.45) is 0 Å². The third-order valence-electron chi connectivity index (χ3n) is 6.41. The summed E-state index contributed by atoms with van der Waals surface area (Å²) in [6.07, 6.45) is 9.61. The number of benzene rings is 1. The zero-order chi connectivity index (χ0) is 23.4. The highest BCUT2D eigenvalue weighted by molar-refractivity contribution is 7.90. The summed E-state index contributed by atoms with van der Waals surface area (Å²) >= 11 is 0. The van der Waals surface area contributed by atoms with Crippen molar-refractivity contribution >= 4 is 27.4 Å². The molecule has 2 N–H and O–H groups in total. The van der Waals surface area contributed by atoms with Gasteiger partial charge < -0.3 is 5.32 Å². The van der Waals surface area contributed by atoms with Gasteiger partial charge in [0.15, 0.2) is 10.7 Å². The number of fused-ring (bicyclic) bond motifs is 2. The maximum Gasteiger partial charge on any atom is 0.333 e. The molecule has 10 nitrogen and oxygen atoms in total. The fraction of sp³-hybridized carbons (Fsp3) is 0.304. The van der Waals surface area contributed by atoms with E-state index in [4.69, 9.17) is 0 Å². The van der Waals surface area contributed by atoms with Crippen LogP contribution >= 0.6 is 0 Å². The maximum absolute atomic E-state index is 13.0. The van der Waals surface area contributed by atoms with Gasteiger partial charge in [0.25, 0.3) is 10.0 Å². The normalized spacial score (nSPS) is 15.4. The average molecular weight is 478 g/mol. The number of aromatic nitrogens is 5. The third-order valence-corrected chi connectivity index (χ3v) is 7.64. The van der Waals surface area contributed by atoms with Gasteiger partial charge in [-0.2, -0.15) is 18.6 Å². The predicted molar refractivity (Wildman–Crippen MR) is 125 cm³/mol. The Morgan fingerprint density at radius 3 is 2.82 bits per heavy atom. The van der Waals surface area contributed by atoms with Crippen molar-refractivity contribution in [1.82, 2.24) is 29.1 Å². The molecule has 34 heavy (non-hydrogen) atoms. The summed E-state index contributed by atoms with van der Waals surface area (Å²) in [6.45, 7) is 1.99. The van der Waals surface area contributed by atoms with Crippen LogP contribution in [0.2, 0.25) is 0 Å². The number of aryl methyl sites for hydroxylation is 2. The van der Waals surface area contributed by atoms with Gasteiger partial charge in [0.2, 0.25) is 0 Å².